The molecule has 0 aliphatic rings. The molecule has 0 spiro atoms. The Bertz CT molecular complexity index is 491. The van der Waals surface area contributed by atoms with Crippen LogP contribution in [0.3, 0.4) is 0 Å². The van der Waals surface area contributed by atoms with Crippen LogP contribution >= 0.6 is 0 Å². The van der Waals surface area contributed by atoms with E-state index in [1.165, 1.54) is 16.7 Å². The molecular formula is C18H20. The molecule has 92 valence electrons. The van der Waals surface area contributed by atoms with Crippen LogP contribution in [0.25, 0.3) is 6.08 Å². The summed E-state index contributed by atoms with van der Waals surface area (Å²) in [7, 11) is 0. The third kappa shape index (κ3) is 3.33. The van der Waals surface area contributed by atoms with Crippen molar-refractivity contribution in [1.82, 2.24) is 0 Å². The molecule has 0 saturated carbocycles. The first-order valence-electron chi connectivity index (χ1n) is 6.59. The molecule has 0 radical (unpaired) electrons. The summed E-state index contributed by atoms with van der Waals surface area (Å²) in [6.07, 6.45) is 5.66. The van der Waals surface area contributed by atoms with E-state index in [-0.39, 0.29) is 0 Å². The lowest BCUT2D eigenvalue weighted by Gasteiger charge is -2.10. The van der Waals surface area contributed by atoms with E-state index in [0.717, 1.165) is 6.42 Å². The molecule has 1 atom stereocenters. The van der Waals surface area contributed by atoms with Gasteiger partial charge in [0.2, 0.25) is 0 Å². The predicted octanol–water partition coefficient (Wildman–Crippen LogP) is 5.20. The molecule has 0 bridgehead atoms. The number of hydrogen-bond donors (Lipinski definition) is 0. The quantitative estimate of drug-likeness (QED) is 0.684. The van der Waals surface area contributed by atoms with E-state index in [4.69, 9.17) is 0 Å². The van der Waals surface area contributed by atoms with Crippen molar-refractivity contribution < 1.29 is 0 Å². The Balaban J connectivity index is 2.13. The van der Waals surface area contributed by atoms with Gasteiger partial charge in [-0.25, -0.2) is 0 Å². The molecule has 0 N–H and O–H groups in total. The van der Waals surface area contributed by atoms with Crippen molar-refractivity contribution in [3.05, 3.63) is 77.4 Å². The van der Waals surface area contributed by atoms with Gasteiger partial charge in [-0.1, -0.05) is 79.2 Å². The highest BCUT2D eigenvalue weighted by Crippen LogP contribution is 2.21. The lowest BCUT2D eigenvalue weighted by molar-refractivity contribution is 0.808. The third-order valence-electron chi connectivity index (χ3n) is 3.27. The van der Waals surface area contributed by atoms with Gasteiger partial charge in [0, 0.05) is 5.92 Å². The average molecular weight is 236 g/mol. The largest absolute Gasteiger partial charge is 0.0764 e. The van der Waals surface area contributed by atoms with Gasteiger partial charge >= 0.3 is 0 Å². The average Bonchev–Trinajstić information content (AvgIpc) is 2.43. The zero-order valence-corrected chi connectivity index (χ0v) is 11.1. The van der Waals surface area contributed by atoms with Crippen molar-refractivity contribution >= 4 is 6.08 Å². The van der Waals surface area contributed by atoms with Crippen LogP contribution in [0.5, 0.6) is 0 Å². The van der Waals surface area contributed by atoms with Gasteiger partial charge in [0.1, 0.15) is 0 Å². The topological polar surface area (TPSA) is 0 Å². The van der Waals surface area contributed by atoms with E-state index >= 15 is 0 Å². The van der Waals surface area contributed by atoms with E-state index < -0.39 is 0 Å². The van der Waals surface area contributed by atoms with Crippen LogP contribution < -0.4 is 0 Å². The fourth-order valence-corrected chi connectivity index (χ4v) is 2.09. The summed E-state index contributed by atoms with van der Waals surface area (Å²) < 4.78 is 0. The molecule has 0 aromatic heterocycles. The van der Waals surface area contributed by atoms with Crippen molar-refractivity contribution in [3.63, 3.8) is 0 Å². The van der Waals surface area contributed by atoms with Crippen LogP contribution in [0.1, 0.15) is 36.0 Å². The molecule has 0 unspecified atom stereocenters. The van der Waals surface area contributed by atoms with Crippen LogP contribution in [-0.4, -0.2) is 0 Å². The summed E-state index contributed by atoms with van der Waals surface area (Å²) in [5.41, 5.74) is 3.97. The molecule has 0 heterocycles. The second-order valence-electron chi connectivity index (χ2n) is 4.70. The number of rotatable bonds is 4. The number of benzene rings is 2. The number of aryl methyl sites for hydroxylation is 1. The van der Waals surface area contributed by atoms with E-state index in [1.54, 1.807) is 0 Å². The molecule has 0 fully saturated rings. The third-order valence-corrected chi connectivity index (χ3v) is 3.27. The Morgan fingerprint density at radius 1 is 0.944 bits per heavy atom. The fraction of sp³-hybridized carbons (Fsp3) is 0.222. The fourth-order valence-electron chi connectivity index (χ4n) is 2.09. The van der Waals surface area contributed by atoms with Crippen molar-refractivity contribution in [2.75, 3.05) is 0 Å². The van der Waals surface area contributed by atoms with Gasteiger partial charge in [0.15, 0.2) is 0 Å². The van der Waals surface area contributed by atoms with Gasteiger partial charge in [-0.3, -0.25) is 0 Å². The summed E-state index contributed by atoms with van der Waals surface area (Å²) in [5, 5.41) is 0. The lowest BCUT2D eigenvalue weighted by atomic mass is 9.95. The molecular weight excluding hydrogens is 216 g/mol. The summed E-state index contributed by atoms with van der Waals surface area (Å²) >= 11 is 0. The van der Waals surface area contributed by atoms with Crippen molar-refractivity contribution in [1.29, 1.82) is 0 Å². The second kappa shape index (κ2) is 6.20. The van der Waals surface area contributed by atoms with Gasteiger partial charge < -0.3 is 0 Å². The molecule has 2 rings (SSSR count). The summed E-state index contributed by atoms with van der Waals surface area (Å²) in [6.45, 7) is 4.35. The van der Waals surface area contributed by atoms with E-state index in [1.807, 2.05) is 0 Å². The standard InChI is InChI=1S/C18H20/c1-3-17(18-7-5-4-6-8-18)14-13-16-11-9-15(2)10-12-16/h4-14,17H,3H2,1-2H3/b14-13-/t17-/m1/s1. The van der Waals surface area contributed by atoms with Crippen LogP contribution in [0.15, 0.2) is 60.7 Å². The van der Waals surface area contributed by atoms with Gasteiger partial charge in [0.25, 0.3) is 0 Å². The minimum atomic E-state index is 0.507. The minimum absolute atomic E-state index is 0.507. The highest BCUT2D eigenvalue weighted by atomic mass is 14.1. The molecule has 2 aromatic rings. The van der Waals surface area contributed by atoms with Gasteiger partial charge in [-0.05, 0) is 24.5 Å². The highest BCUT2D eigenvalue weighted by molar-refractivity contribution is 5.51. The lowest BCUT2D eigenvalue weighted by Crippen LogP contribution is -1.92. The normalized spacial score (nSPS) is 12.8. The van der Waals surface area contributed by atoms with Gasteiger partial charge in [-0.2, -0.15) is 0 Å². The maximum atomic E-state index is 2.31. The zero-order chi connectivity index (χ0) is 12.8. The number of hydrogen-bond acceptors (Lipinski definition) is 0. The molecule has 18 heavy (non-hydrogen) atoms. The van der Waals surface area contributed by atoms with E-state index in [0.29, 0.717) is 5.92 Å². The Morgan fingerprint density at radius 2 is 1.61 bits per heavy atom. The van der Waals surface area contributed by atoms with Crippen molar-refractivity contribution in [2.24, 2.45) is 0 Å². The van der Waals surface area contributed by atoms with Crippen LogP contribution in [-0.2, 0) is 0 Å². The Morgan fingerprint density at radius 3 is 2.22 bits per heavy atom. The molecule has 0 amide bonds. The molecule has 0 nitrogen and oxygen atoms in total. The van der Waals surface area contributed by atoms with Crippen LogP contribution in [0, 0.1) is 6.92 Å². The first-order valence-corrected chi connectivity index (χ1v) is 6.59. The molecule has 0 aliphatic carbocycles. The van der Waals surface area contributed by atoms with Gasteiger partial charge in [-0.15, -0.1) is 0 Å². The Hall–Kier alpha value is -1.82. The van der Waals surface area contributed by atoms with E-state index in [2.05, 4.69) is 80.6 Å². The summed E-state index contributed by atoms with van der Waals surface area (Å²) in [4.78, 5) is 0. The maximum Gasteiger partial charge on any atom is 0.00186 e. The molecule has 0 heteroatoms. The van der Waals surface area contributed by atoms with Crippen LogP contribution in [0.4, 0.5) is 0 Å². The Kier molecular flexibility index (Phi) is 4.35. The smallest absolute Gasteiger partial charge is 0.00186 e. The van der Waals surface area contributed by atoms with Crippen molar-refractivity contribution in [3.8, 4) is 0 Å². The maximum absolute atomic E-state index is 2.31. The molecule has 0 aliphatic heterocycles. The Labute approximate surface area is 110 Å². The molecule has 0 saturated heterocycles. The van der Waals surface area contributed by atoms with Crippen molar-refractivity contribution in [2.45, 2.75) is 26.2 Å². The first-order chi connectivity index (χ1) is 8.79. The molecule has 2 aromatic carbocycles. The SMILES string of the molecule is CC[C@H](/C=C\c1ccc(C)cc1)c1ccccc1. The second-order valence-corrected chi connectivity index (χ2v) is 4.70. The number of allylic oxidation sites excluding steroid dienone is 1. The predicted molar refractivity (Wildman–Crippen MR) is 79.7 cm³/mol. The highest BCUT2D eigenvalue weighted by Gasteiger charge is 2.03. The van der Waals surface area contributed by atoms with Gasteiger partial charge in [0.05, 0.1) is 0 Å². The van der Waals surface area contributed by atoms with E-state index in [9.17, 15) is 0 Å². The first kappa shape index (κ1) is 12.6. The minimum Gasteiger partial charge on any atom is -0.0764 e. The summed E-state index contributed by atoms with van der Waals surface area (Å²) in [6, 6.07) is 19.3. The summed E-state index contributed by atoms with van der Waals surface area (Å²) in [5.74, 6) is 0.507. The van der Waals surface area contributed by atoms with Crippen LogP contribution in [0.2, 0.25) is 0 Å². The zero-order valence-electron chi connectivity index (χ0n) is 11.1. The monoisotopic (exact) mass is 236 g/mol.